The van der Waals surface area contributed by atoms with E-state index in [9.17, 15) is 8.42 Å². The number of allylic oxidation sites excluding steroid dienone is 1. The van der Waals surface area contributed by atoms with Crippen LogP contribution in [0.2, 0.25) is 0 Å². The predicted octanol–water partition coefficient (Wildman–Crippen LogP) is 2.00. The van der Waals surface area contributed by atoms with Gasteiger partial charge in [-0.3, -0.25) is 0 Å². The Morgan fingerprint density at radius 3 is 2.36 bits per heavy atom. The fraction of sp³-hybridized carbons (Fsp3) is 0.200. The first-order valence-corrected chi connectivity index (χ1v) is 6.08. The first-order valence-electron chi connectivity index (χ1n) is 4.18. The number of hydrogen-bond donors (Lipinski definition) is 1. The van der Waals surface area contributed by atoms with Gasteiger partial charge in [-0.25, -0.2) is 8.42 Å². The van der Waals surface area contributed by atoms with Gasteiger partial charge in [0.25, 0.3) is 0 Å². The molecule has 0 aliphatic carbocycles. The van der Waals surface area contributed by atoms with Gasteiger partial charge in [-0.2, -0.15) is 0 Å². The van der Waals surface area contributed by atoms with E-state index < -0.39 is 9.84 Å². The molecule has 0 bridgehead atoms. The highest BCUT2D eigenvalue weighted by atomic mass is 32.2. The average Bonchev–Trinajstić information content (AvgIpc) is 2.14. The van der Waals surface area contributed by atoms with Gasteiger partial charge in [0.2, 0.25) is 0 Å². The van der Waals surface area contributed by atoms with Crippen LogP contribution in [0.15, 0.2) is 41.4 Å². The molecule has 0 atom stereocenters. The van der Waals surface area contributed by atoms with Crippen molar-refractivity contribution in [3.63, 3.8) is 0 Å². The molecule has 0 saturated heterocycles. The van der Waals surface area contributed by atoms with E-state index in [1.165, 1.54) is 12.5 Å². The molecule has 76 valence electrons. The fourth-order valence-electron chi connectivity index (χ4n) is 0.826. The Morgan fingerprint density at radius 2 is 1.86 bits per heavy atom. The van der Waals surface area contributed by atoms with Gasteiger partial charge < -0.3 is 5.32 Å². The maximum absolute atomic E-state index is 11.0. The van der Waals surface area contributed by atoms with E-state index in [2.05, 4.69) is 5.32 Å². The molecule has 1 aromatic carbocycles. The van der Waals surface area contributed by atoms with Crippen LogP contribution in [0.1, 0.15) is 6.92 Å². The third kappa shape index (κ3) is 3.22. The molecule has 1 N–H and O–H groups in total. The fourth-order valence-corrected chi connectivity index (χ4v) is 1.10. The van der Waals surface area contributed by atoms with Crippen LogP contribution in [-0.2, 0) is 9.84 Å². The summed E-state index contributed by atoms with van der Waals surface area (Å²) in [5.41, 5.74) is 0.871. The molecule has 1 rings (SSSR count). The SMILES string of the molecule is C/C(=C\Nc1ccccc1)S(C)(=O)=O. The summed E-state index contributed by atoms with van der Waals surface area (Å²) in [6.07, 6.45) is 2.68. The molecule has 0 spiro atoms. The smallest absolute Gasteiger partial charge is 0.172 e. The molecular weight excluding hydrogens is 198 g/mol. The molecule has 0 aliphatic heterocycles. The second-order valence-corrected chi connectivity index (χ2v) is 5.23. The summed E-state index contributed by atoms with van der Waals surface area (Å²) in [7, 11) is -3.07. The van der Waals surface area contributed by atoms with Crippen molar-refractivity contribution in [2.75, 3.05) is 11.6 Å². The van der Waals surface area contributed by atoms with E-state index in [0.29, 0.717) is 4.91 Å². The van der Waals surface area contributed by atoms with Gasteiger partial charge in [-0.05, 0) is 19.1 Å². The average molecular weight is 211 g/mol. The summed E-state index contributed by atoms with van der Waals surface area (Å²) < 4.78 is 22.1. The molecule has 0 unspecified atom stereocenters. The number of rotatable bonds is 3. The molecule has 4 heteroatoms. The molecule has 1 aromatic rings. The number of benzene rings is 1. The summed E-state index contributed by atoms with van der Waals surface area (Å²) in [4.78, 5) is 0.321. The van der Waals surface area contributed by atoms with Crippen LogP contribution < -0.4 is 5.32 Å². The Morgan fingerprint density at radius 1 is 1.29 bits per heavy atom. The van der Waals surface area contributed by atoms with Gasteiger partial charge in [-0.1, -0.05) is 18.2 Å². The topological polar surface area (TPSA) is 46.2 Å². The second-order valence-electron chi connectivity index (χ2n) is 3.04. The molecule has 0 amide bonds. The van der Waals surface area contributed by atoms with Gasteiger partial charge in [0.15, 0.2) is 9.84 Å². The zero-order valence-electron chi connectivity index (χ0n) is 8.19. The maximum atomic E-state index is 11.0. The number of hydrogen-bond acceptors (Lipinski definition) is 3. The largest absolute Gasteiger partial charge is 0.361 e. The van der Waals surface area contributed by atoms with Gasteiger partial charge >= 0.3 is 0 Å². The number of sulfone groups is 1. The lowest BCUT2D eigenvalue weighted by molar-refractivity contribution is 0.607. The summed E-state index contributed by atoms with van der Waals surface area (Å²) in [5, 5.41) is 2.91. The molecule has 0 heterocycles. The van der Waals surface area contributed by atoms with Crippen LogP contribution in [0.3, 0.4) is 0 Å². The lowest BCUT2D eigenvalue weighted by Crippen LogP contribution is -2.00. The standard InChI is InChI=1S/C10H13NO2S/c1-9(14(2,12)13)8-11-10-6-4-3-5-7-10/h3-8,11H,1-2H3/b9-8+. The van der Waals surface area contributed by atoms with Crippen molar-refractivity contribution in [1.29, 1.82) is 0 Å². The van der Waals surface area contributed by atoms with Gasteiger partial charge in [0.05, 0.1) is 4.91 Å². The van der Waals surface area contributed by atoms with Gasteiger partial charge in [-0.15, -0.1) is 0 Å². The predicted molar refractivity (Wildman–Crippen MR) is 58.7 cm³/mol. The Hall–Kier alpha value is -1.29. The number of anilines is 1. The summed E-state index contributed by atoms with van der Waals surface area (Å²) in [6, 6.07) is 9.40. The van der Waals surface area contributed by atoms with Crippen molar-refractivity contribution >= 4 is 15.5 Å². The van der Waals surface area contributed by atoms with Crippen LogP contribution in [0.5, 0.6) is 0 Å². The lowest BCUT2D eigenvalue weighted by atomic mass is 10.3. The molecule has 0 saturated carbocycles. The zero-order valence-corrected chi connectivity index (χ0v) is 9.01. The van der Waals surface area contributed by atoms with E-state index in [1.54, 1.807) is 6.92 Å². The minimum atomic E-state index is -3.07. The minimum absolute atomic E-state index is 0.321. The molecular formula is C10H13NO2S. The van der Waals surface area contributed by atoms with Crippen molar-refractivity contribution in [1.82, 2.24) is 0 Å². The van der Waals surface area contributed by atoms with E-state index >= 15 is 0 Å². The monoisotopic (exact) mass is 211 g/mol. The Bertz CT molecular complexity index is 421. The van der Waals surface area contributed by atoms with Crippen molar-refractivity contribution in [2.24, 2.45) is 0 Å². The van der Waals surface area contributed by atoms with Crippen LogP contribution in [0.4, 0.5) is 5.69 Å². The highest BCUT2D eigenvalue weighted by Gasteiger charge is 2.03. The molecule has 3 nitrogen and oxygen atoms in total. The normalized spacial score (nSPS) is 12.6. The summed E-state index contributed by atoms with van der Waals surface area (Å²) in [5.74, 6) is 0. The van der Waals surface area contributed by atoms with Gasteiger partial charge in [0, 0.05) is 18.1 Å². The maximum Gasteiger partial charge on any atom is 0.172 e. The van der Waals surface area contributed by atoms with Crippen molar-refractivity contribution in [3.05, 3.63) is 41.4 Å². The van der Waals surface area contributed by atoms with Crippen molar-refractivity contribution < 1.29 is 8.42 Å². The highest BCUT2D eigenvalue weighted by Crippen LogP contribution is 2.07. The first kappa shape index (κ1) is 10.8. The number of para-hydroxylation sites is 1. The highest BCUT2D eigenvalue weighted by molar-refractivity contribution is 7.94. The quantitative estimate of drug-likeness (QED) is 0.831. The van der Waals surface area contributed by atoms with E-state index in [1.807, 2.05) is 30.3 Å². The minimum Gasteiger partial charge on any atom is -0.361 e. The van der Waals surface area contributed by atoms with Crippen molar-refractivity contribution in [2.45, 2.75) is 6.92 Å². The van der Waals surface area contributed by atoms with Crippen molar-refractivity contribution in [3.8, 4) is 0 Å². The zero-order chi connectivity index (χ0) is 10.6. The van der Waals surface area contributed by atoms with E-state index in [0.717, 1.165) is 5.69 Å². The molecule has 0 aliphatic rings. The Labute approximate surface area is 84.4 Å². The first-order chi connectivity index (χ1) is 6.50. The Kier molecular flexibility index (Phi) is 3.30. The van der Waals surface area contributed by atoms with Gasteiger partial charge in [0.1, 0.15) is 0 Å². The molecule has 0 aromatic heterocycles. The lowest BCUT2D eigenvalue weighted by Gasteiger charge is -2.01. The van der Waals surface area contributed by atoms with E-state index in [4.69, 9.17) is 0 Å². The summed E-state index contributed by atoms with van der Waals surface area (Å²) in [6.45, 7) is 1.56. The number of nitrogens with one attached hydrogen (secondary N) is 1. The third-order valence-corrected chi connectivity index (χ3v) is 3.09. The molecule has 14 heavy (non-hydrogen) atoms. The van der Waals surface area contributed by atoms with Crippen LogP contribution >= 0.6 is 0 Å². The Balaban J connectivity index is 2.74. The second kappa shape index (κ2) is 4.28. The summed E-state index contributed by atoms with van der Waals surface area (Å²) >= 11 is 0. The molecule has 0 radical (unpaired) electrons. The van der Waals surface area contributed by atoms with Crippen LogP contribution in [0.25, 0.3) is 0 Å². The molecule has 0 fully saturated rings. The van der Waals surface area contributed by atoms with Crippen LogP contribution in [-0.4, -0.2) is 14.7 Å². The third-order valence-electron chi connectivity index (χ3n) is 1.80. The van der Waals surface area contributed by atoms with Crippen LogP contribution in [0, 0.1) is 0 Å². The van der Waals surface area contributed by atoms with E-state index in [-0.39, 0.29) is 0 Å².